The van der Waals surface area contributed by atoms with Gasteiger partial charge in [0.15, 0.2) is 0 Å². The molecule has 1 unspecified atom stereocenters. The monoisotopic (exact) mass is 435 g/mol. The number of nitrogens with one attached hydrogen (secondary N) is 2. The number of benzene rings is 2. The van der Waals surface area contributed by atoms with Crippen molar-refractivity contribution in [3.8, 4) is 22.8 Å². The average Bonchev–Trinajstić information content (AvgIpc) is 2.83. The number of hydrogen-bond acceptors (Lipinski definition) is 7. The van der Waals surface area contributed by atoms with E-state index in [9.17, 15) is 9.59 Å². The van der Waals surface area contributed by atoms with Gasteiger partial charge in [-0.1, -0.05) is 48.5 Å². The fourth-order valence-electron chi connectivity index (χ4n) is 2.93. The Balaban J connectivity index is 1.47. The fraction of sp³-hybridized carbons (Fsp3) is 0.273. The molecule has 0 bridgehead atoms. The molecule has 0 saturated carbocycles. The number of nitrogens with two attached hydrogens (primary N) is 1. The first-order valence-corrected chi connectivity index (χ1v) is 10.2. The van der Waals surface area contributed by atoms with Crippen LogP contribution in [0.5, 0.6) is 0 Å². The lowest BCUT2D eigenvalue weighted by molar-refractivity contribution is -0.138. The molecule has 166 valence electrons. The van der Waals surface area contributed by atoms with Crippen molar-refractivity contribution in [2.75, 3.05) is 6.54 Å². The van der Waals surface area contributed by atoms with Gasteiger partial charge in [0, 0.05) is 24.2 Å². The number of carboxylic acid groups (broad SMARTS) is 1. The van der Waals surface area contributed by atoms with Gasteiger partial charge in [-0.05, 0) is 30.9 Å². The summed E-state index contributed by atoms with van der Waals surface area (Å²) >= 11 is 0. The lowest BCUT2D eigenvalue weighted by Gasteiger charge is -2.09. The van der Waals surface area contributed by atoms with E-state index in [-0.39, 0.29) is 6.03 Å². The summed E-state index contributed by atoms with van der Waals surface area (Å²) in [5, 5.41) is 30.9. The smallest absolute Gasteiger partial charge is 0.320 e. The Morgan fingerprint density at radius 3 is 2.22 bits per heavy atom. The van der Waals surface area contributed by atoms with Gasteiger partial charge in [-0.25, -0.2) is 4.79 Å². The zero-order chi connectivity index (χ0) is 22.8. The summed E-state index contributed by atoms with van der Waals surface area (Å²) in [7, 11) is 0. The van der Waals surface area contributed by atoms with Crippen molar-refractivity contribution < 1.29 is 14.7 Å². The number of carbonyl (C=O) groups excluding carboxylic acids is 1. The first-order chi connectivity index (χ1) is 15.5. The van der Waals surface area contributed by atoms with Crippen LogP contribution in [0, 0.1) is 0 Å². The van der Waals surface area contributed by atoms with Crippen molar-refractivity contribution in [1.82, 2.24) is 31.0 Å². The van der Waals surface area contributed by atoms with Crippen molar-refractivity contribution in [3.63, 3.8) is 0 Å². The number of hydrogen-bond donors (Lipinski definition) is 4. The summed E-state index contributed by atoms with van der Waals surface area (Å²) in [6.07, 6.45) is 1.66. The van der Waals surface area contributed by atoms with E-state index in [2.05, 4.69) is 31.0 Å². The predicted molar refractivity (Wildman–Crippen MR) is 118 cm³/mol. The molecule has 0 saturated heterocycles. The molecule has 0 aliphatic rings. The maximum absolute atomic E-state index is 12.0. The molecule has 5 N–H and O–H groups in total. The summed E-state index contributed by atoms with van der Waals surface area (Å²) in [4.78, 5) is 22.6. The van der Waals surface area contributed by atoms with Crippen LogP contribution in [-0.4, -0.2) is 50.1 Å². The number of carbonyl (C=O) groups is 2. The highest BCUT2D eigenvalue weighted by Gasteiger charge is 2.10. The van der Waals surface area contributed by atoms with Gasteiger partial charge in [0.2, 0.25) is 11.6 Å². The maximum atomic E-state index is 12.0. The number of unbranched alkanes of at least 4 members (excludes halogenated alkanes) is 1. The normalized spacial score (nSPS) is 11.5. The van der Waals surface area contributed by atoms with Crippen LogP contribution in [0.15, 0.2) is 54.6 Å². The Labute approximate surface area is 185 Å². The van der Waals surface area contributed by atoms with Gasteiger partial charge in [-0.3, -0.25) is 4.79 Å². The van der Waals surface area contributed by atoms with Gasteiger partial charge in [0.05, 0.1) is 0 Å². The molecule has 2 aromatic carbocycles. The van der Waals surface area contributed by atoms with Crippen molar-refractivity contribution >= 4 is 12.0 Å². The topological polar surface area (TPSA) is 156 Å². The third kappa shape index (κ3) is 6.81. The molecular weight excluding hydrogens is 410 g/mol. The van der Waals surface area contributed by atoms with E-state index in [1.165, 1.54) is 0 Å². The maximum Gasteiger partial charge on any atom is 0.320 e. The Bertz CT molecular complexity index is 1030. The van der Waals surface area contributed by atoms with E-state index in [4.69, 9.17) is 10.8 Å². The van der Waals surface area contributed by atoms with Crippen molar-refractivity contribution in [2.45, 2.75) is 31.8 Å². The fourth-order valence-corrected chi connectivity index (χ4v) is 2.93. The minimum Gasteiger partial charge on any atom is -0.480 e. The van der Waals surface area contributed by atoms with Crippen LogP contribution in [0.2, 0.25) is 0 Å². The van der Waals surface area contributed by atoms with Gasteiger partial charge >= 0.3 is 12.0 Å². The molecule has 2 amide bonds. The summed E-state index contributed by atoms with van der Waals surface area (Å²) in [6.45, 7) is 0.768. The highest BCUT2D eigenvalue weighted by atomic mass is 16.4. The quantitative estimate of drug-likeness (QED) is 0.352. The Morgan fingerprint density at radius 1 is 0.875 bits per heavy atom. The second-order valence-corrected chi connectivity index (χ2v) is 7.16. The number of carboxylic acids is 1. The molecule has 3 aromatic rings. The van der Waals surface area contributed by atoms with E-state index in [1.807, 2.05) is 54.6 Å². The predicted octanol–water partition coefficient (Wildman–Crippen LogP) is 1.98. The first-order valence-electron chi connectivity index (χ1n) is 10.2. The lowest BCUT2D eigenvalue weighted by Crippen LogP contribution is -2.35. The minimum absolute atomic E-state index is 0.301. The van der Waals surface area contributed by atoms with Gasteiger partial charge in [-0.2, -0.15) is 0 Å². The van der Waals surface area contributed by atoms with Crippen LogP contribution in [0.25, 0.3) is 22.8 Å². The van der Waals surface area contributed by atoms with Gasteiger partial charge in [0.1, 0.15) is 6.04 Å². The van der Waals surface area contributed by atoms with Crippen LogP contribution < -0.4 is 16.4 Å². The molecule has 0 aliphatic carbocycles. The van der Waals surface area contributed by atoms with E-state index in [1.54, 1.807) is 0 Å². The molecule has 1 atom stereocenters. The number of nitrogens with zero attached hydrogens (tertiary/aromatic N) is 4. The standard InChI is InChI=1S/C22H25N7O3/c23-18(21(30)31)11-4-5-12-24-22(32)25-14-15-7-6-10-17(13-15)20-28-26-19(27-29-20)16-8-2-1-3-9-16/h1-3,6-10,13,18H,4-5,11-12,14,23H2,(H,30,31)(H2,24,25,32). The van der Waals surface area contributed by atoms with Crippen LogP contribution in [0.3, 0.4) is 0 Å². The zero-order valence-corrected chi connectivity index (χ0v) is 17.4. The van der Waals surface area contributed by atoms with Crippen LogP contribution in [-0.2, 0) is 11.3 Å². The molecule has 3 rings (SSSR count). The summed E-state index contributed by atoms with van der Waals surface area (Å²) in [6, 6.07) is 15.8. The van der Waals surface area contributed by atoms with E-state index >= 15 is 0 Å². The second kappa shape index (κ2) is 11.5. The van der Waals surface area contributed by atoms with Crippen LogP contribution in [0.1, 0.15) is 24.8 Å². The van der Waals surface area contributed by atoms with Crippen molar-refractivity contribution in [1.29, 1.82) is 0 Å². The number of rotatable bonds is 10. The lowest BCUT2D eigenvalue weighted by atomic mass is 10.1. The number of aromatic nitrogens is 4. The van der Waals surface area contributed by atoms with Crippen LogP contribution >= 0.6 is 0 Å². The summed E-state index contributed by atoms with van der Waals surface area (Å²) < 4.78 is 0. The highest BCUT2D eigenvalue weighted by Crippen LogP contribution is 2.17. The molecule has 0 fully saturated rings. The van der Waals surface area contributed by atoms with Crippen molar-refractivity contribution in [2.24, 2.45) is 5.73 Å². The molecule has 0 radical (unpaired) electrons. The molecule has 10 heteroatoms. The van der Waals surface area contributed by atoms with E-state index < -0.39 is 12.0 Å². The summed E-state index contributed by atoms with van der Waals surface area (Å²) in [5.41, 5.74) is 7.91. The third-order valence-electron chi connectivity index (χ3n) is 4.69. The molecule has 1 aromatic heterocycles. The minimum atomic E-state index is -1.01. The molecule has 32 heavy (non-hydrogen) atoms. The second-order valence-electron chi connectivity index (χ2n) is 7.16. The largest absolute Gasteiger partial charge is 0.480 e. The third-order valence-corrected chi connectivity index (χ3v) is 4.69. The van der Waals surface area contributed by atoms with Gasteiger partial charge in [0.25, 0.3) is 0 Å². The number of aliphatic carboxylic acids is 1. The average molecular weight is 435 g/mol. The zero-order valence-electron chi connectivity index (χ0n) is 17.4. The van der Waals surface area contributed by atoms with Crippen molar-refractivity contribution in [3.05, 3.63) is 60.2 Å². The van der Waals surface area contributed by atoms with Gasteiger partial charge < -0.3 is 21.5 Å². The number of amides is 2. The van der Waals surface area contributed by atoms with Crippen LogP contribution in [0.4, 0.5) is 4.79 Å². The SMILES string of the molecule is NC(CCCCNC(=O)NCc1cccc(-c2nnc(-c3ccccc3)nn2)c1)C(=O)O. The summed E-state index contributed by atoms with van der Waals surface area (Å²) in [5.74, 6) is -0.161. The Hall–Kier alpha value is -3.92. The molecule has 1 heterocycles. The molecule has 0 aliphatic heterocycles. The Morgan fingerprint density at radius 2 is 1.53 bits per heavy atom. The Kier molecular flexibility index (Phi) is 8.15. The van der Waals surface area contributed by atoms with E-state index in [0.29, 0.717) is 44.0 Å². The first kappa shape index (κ1) is 22.8. The number of urea groups is 1. The van der Waals surface area contributed by atoms with Gasteiger partial charge in [-0.15, -0.1) is 20.4 Å². The highest BCUT2D eigenvalue weighted by molar-refractivity contribution is 5.74. The molecule has 10 nitrogen and oxygen atoms in total. The molecular formula is C22H25N7O3. The van der Waals surface area contributed by atoms with E-state index in [0.717, 1.165) is 16.7 Å². The molecule has 0 spiro atoms.